The Bertz CT molecular complexity index is 343. The smallest absolute Gasteiger partial charge is 0.0528 e. The summed E-state index contributed by atoms with van der Waals surface area (Å²) in [4.78, 5) is 0. The molecule has 1 N–H and O–H groups in total. The molecule has 0 aliphatic rings. The van der Waals surface area contributed by atoms with E-state index >= 15 is 0 Å². The van der Waals surface area contributed by atoms with Crippen LogP contribution in [0, 0.1) is 12.5 Å². The van der Waals surface area contributed by atoms with E-state index in [0.29, 0.717) is 11.8 Å². The lowest BCUT2D eigenvalue weighted by molar-refractivity contribution is 0.838. The van der Waals surface area contributed by atoms with E-state index < -0.39 is 0 Å². The standard InChI is InChI=1S/C14H19N/c1-6-15-14-12(10(2)3)8-7-9-13(14)11(4)5/h1,7-11,15H,2-5H3. The van der Waals surface area contributed by atoms with Crippen molar-refractivity contribution in [3.8, 4) is 12.5 Å². The average molecular weight is 201 g/mol. The Kier molecular flexibility index (Phi) is 3.80. The van der Waals surface area contributed by atoms with Gasteiger partial charge >= 0.3 is 0 Å². The second kappa shape index (κ2) is 4.89. The third-order valence-electron chi connectivity index (χ3n) is 2.57. The van der Waals surface area contributed by atoms with E-state index in [1.165, 1.54) is 11.1 Å². The Labute approximate surface area is 92.9 Å². The second-order valence-corrected chi connectivity index (χ2v) is 4.39. The molecule has 80 valence electrons. The maximum absolute atomic E-state index is 5.34. The van der Waals surface area contributed by atoms with Crippen molar-refractivity contribution in [2.24, 2.45) is 0 Å². The second-order valence-electron chi connectivity index (χ2n) is 4.39. The minimum absolute atomic E-state index is 0.486. The number of nitrogens with one attached hydrogen (secondary N) is 1. The molecule has 0 aliphatic carbocycles. The fourth-order valence-electron chi connectivity index (χ4n) is 1.77. The number of terminal acetylenes is 1. The molecule has 0 radical (unpaired) electrons. The molecule has 0 heterocycles. The molecule has 0 atom stereocenters. The third-order valence-corrected chi connectivity index (χ3v) is 2.57. The van der Waals surface area contributed by atoms with Gasteiger partial charge < -0.3 is 5.32 Å². The molecule has 1 rings (SSSR count). The largest absolute Gasteiger partial charge is 0.315 e. The quantitative estimate of drug-likeness (QED) is 0.577. The van der Waals surface area contributed by atoms with Crippen LogP contribution in [0.3, 0.4) is 0 Å². The molecule has 0 saturated carbocycles. The maximum Gasteiger partial charge on any atom is 0.0528 e. The number of hydrogen-bond donors (Lipinski definition) is 1. The van der Waals surface area contributed by atoms with Gasteiger partial charge in [0.25, 0.3) is 0 Å². The van der Waals surface area contributed by atoms with E-state index in [4.69, 9.17) is 6.42 Å². The molecule has 1 aromatic carbocycles. The number of hydrogen-bond acceptors (Lipinski definition) is 1. The first-order valence-electron chi connectivity index (χ1n) is 5.42. The highest BCUT2D eigenvalue weighted by atomic mass is 14.8. The minimum atomic E-state index is 0.486. The highest BCUT2D eigenvalue weighted by Gasteiger charge is 2.12. The molecule has 0 unspecified atom stereocenters. The van der Waals surface area contributed by atoms with Gasteiger partial charge in [0.15, 0.2) is 0 Å². The summed E-state index contributed by atoms with van der Waals surface area (Å²) in [6.45, 7) is 8.73. The van der Waals surface area contributed by atoms with Gasteiger partial charge in [-0.2, -0.15) is 0 Å². The van der Waals surface area contributed by atoms with E-state index in [9.17, 15) is 0 Å². The molecule has 0 fully saturated rings. The lowest BCUT2D eigenvalue weighted by Crippen LogP contribution is -2.02. The van der Waals surface area contributed by atoms with E-state index in [2.05, 4.69) is 57.3 Å². The summed E-state index contributed by atoms with van der Waals surface area (Å²) in [5, 5.41) is 3.04. The van der Waals surface area contributed by atoms with Gasteiger partial charge in [-0.05, 0) is 23.0 Å². The van der Waals surface area contributed by atoms with E-state index in [0.717, 1.165) is 5.69 Å². The fourth-order valence-corrected chi connectivity index (χ4v) is 1.77. The Morgan fingerprint density at radius 3 is 1.87 bits per heavy atom. The monoisotopic (exact) mass is 201 g/mol. The lowest BCUT2D eigenvalue weighted by atomic mass is 9.93. The van der Waals surface area contributed by atoms with Crippen LogP contribution in [-0.4, -0.2) is 0 Å². The zero-order valence-corrected chi connectivity index (χ0v) is 9.96. The van der Waals surface area contributed by atoms with E-state index in [1.54, 1.807) is 0 Å². The van der Waals surface area contributed by atoms with Crippen LogP contribution in [0.1, 0.15) is 50.7 Å². The minimum Gasteiger partial charge on any atom is -0.315 e. The summed E-state index contributed by atoms with van der Waals surface area (Å²) in [5.41, 5.74) is 3.70. The Morgan fingerprint density at radius 2 is 1.53 bits per heavy atom. The Balaban J connectivity index is 3.29. The van der Waals surface area contributed by atoms with Crippen LogP contribution < -0.4 is 5.32 Å². The zero-order valence-electron chi connectivity index (χ0n) is 9.96. The summed E-state index contributed by atoms with van der Waals surface area (Å²) < 4.78 is 0. The summed E-state index contributed by atoms with van der Waals surface area (Å²) in [6, 6.07) is 8.90. The predicted molar refractivity (Wildman–Crippen MR) is 67.1 cm³/mol. The summed E-state index contributed by atoms with van der Waals surface area (Å²) in [7, 11) is 0. The van der Waals surface area contributed by atoms with E-state index in [1.807, 2.05) is 0 Å². The van der Waals surface area contributed by atoms with Gasteiger partial charge in [-0.1, -0.05) is 52.3 Å². The molecule has 0 aromatic heterocycles. The number of para-hydroxylation sites is 1. The molecule has 0 bridgehead atoms. The SMILES string of the molecule is C#CNc1c(C(C)C)cccc1C(C)C. The van der Waals surface area contributed by atoms with Gasteiger partial charge in [-0.25, -0.2) is 0 Å². The van der Waals surface area contributed by atoms with Crippen molar-refractivity contribution in [3.05, 3.63) is 29.3 Å². The van der Waals surface area contributed by atoms with Crippen molar-refractivity contribution in [2.75, 3.05) is 5.32 Å². The summed E-state index contributed by atoms with van der Waals surface area (Å²) in [6.07, 6.45) is 5.34. The Morgan fingerprint density at radius 1 is 1.07 bits per heavy atom. The first-order chi connectivity index (χ1) is 7.07. The van der Waals surface area contributed by atoms with Crippen LogP contribution >= 0.6 is 0 Å². The van der Waals surface area contributed by atoms with Crippen LogP contribution in [0.4, 0.5) is 5.69 Å². The Hall–Kier alpha value is -1.42. The van der Waals surface area contributed by atoms with E-state index in [-0.39, 0.29) is 0 Å². The zero-order chi connectivity index (χ0) is 11.4. The van der Waals surface area contributed by atoms with Crippen molar-refractivity contribution in [2.45, 2.75) is 39.5 Å². The highest BCUT2D eigenvalue weighted by Crippen LogP contribution is 2.31. The van der Waals surface area contributed by atoms with Crippen molar-refractivity contribution in [1.82, 2.24) is 0 Å². The number of anilines is 1. The molecule has 1 heteroatoms. The number of benzene rings is 1. The van der Waals surface area contributed by atoms with Crippen molar-refractivity contribution in [1.29, 1.82) is 0 Å². The summed E-state index contributed by atoms with van der Waals surface area (Å²) >= 11 is 0. The first-order valence-corrected chi connectivity index (χ1v) is 5.42. The molecular weight excluding hydrogens is 182 g/mol. The summed E-state index contributed by atoms with van der Waals surface area (Å²) in [5.74, 6) is 0.971. The molecule has 1 aromatic rings. The maximum atomic E-state index is 5.34. The molecule has 0 spiro atoms. The van der Waals surface area contributed by atoms with Crippen LogP contribution in [0.15, 0.2) is 18.2 Å². The fraction of sp³-hybridized carbons (Fsp3) is 0.429. The van der Waals surface area contributed by atoms with Gasteiger partial charge in [0.1, 0.15) is 0 Å². The molecule has 0 aliphatic heterocycles. The van der Waals surface area contributed by atoms with Gasteiger partial charge in [0.2, 0.25) is 0 Å². The third kappa shape index (κ3) is 2.53. The molecule has 15 heavy (non-hydrogen) atoms. The average Bonchev–Trinajstić information content (AvgIpc) is 2.17. The van der Waals surface area contributed by atoms with Gasteiger partial charge in [-0.3, -0.25) is 0 Å². The van der Waals surface area contributed by atoms with Crippen LogP contribution in [-0.2, 0) is 0 Å². The van der Waals surface area contributed by atoms with Crippen molar-refractivity contribution in [3.63, 3.8) is 0 Å². The normalized spacial score (nSPS) is 10.5. The molecule has 1 nitrogen and oxygen atoms in total. The van der Waals surface area contributed by atoms with Crippen LogP contribution in [0.25, 0.3) is 0 Å². The number of rotatable bonds is 3. The van der Waals surface area contributed by atoms with Crippen molar-refractivity contribution < 1.29 is 0 Å². The molecule has 0 amide bonds. The van der Waals surface area contributed by atoms with Gasteiger partial charge in [0.05, 0.1) is 5.69 Å². The van der Waals surface area contributed by atoms with Gasteiger partial charge in [0, 0.05) is 6.04 Å². The first kappa shape index (κ1) is 11.7. The predicted octanol–water partition coefficient (Wildman–Crippen LogP) is 3.94. The topological polar surface area (TPSA) is 12.0 Å². The van der Waals surface area contributed by atoms with Crippen LogP contribution in [0.2, 0.25) is 0 Å². The lowest BCUT2D eigenvalue weighted by Gasteiger charge is -2.18. The highest BCUT2D eigenvalue weighted by molar-refractivity contribution is 5.62. The molecule has 0 saturated heterocycles. The van der Waals surface area contributed by atoms with Crippen molar-refractivity contribution >= 4 is 5.69 Å². The van der Waals surface area contributed by atoms with Gasteiger partial charge in [-0.15, -0.1) is 0 Å². The van der Waals surface area contributed by atoms with Crippen LogP contribution in [0.5, 0.6) is 0 Å². The molecular formula is C14H19N.